The SMILES string of the molecule is CC(C)N(CCNCC(O)c1ccc(F)c(F)c1)C(C)C. The maximum atomic E-state index is 13.1. The Morgan fingerprint density at radius 1 is 1.10 bits per heavy atom. The molecule has 0 aliphatic heterocycles. The molecule has 0 saturated carbocycles. The van der Waals surface area contributed by atoms with E-state index in [1.165, 1.54) is 6.07 Å². The van der Waals surface area contributed by atoms with E-state index in [4.69, 9.17) is 0 Å². The highest BCUT2D eigenvalue weighted by Crippen LogP contribution is 2.15. The summed E-state index contributed by atoms with van der Waals surface area (Å²) in [4.78, 5) is 2.34. The number of hydrogen-bond donors (Lipinski definition) is 2. The van der Waals surface area contributed by atoms with Gasteiger partial charge in [0, 0.05) is 31.7 Å². The van der Waals surface area contributed by atoms with Gasteiger partial charge in [-0.1, -0.05) is 6.07 Å². The Morgan fingerprint density at radius 2 is 1.71 bits per heavy atom. The first-order valence-electron chi connectivity index (χ1n) is 7.42. The van der Waals surface area contributed by atoms with Crippen LogP contribution in [0.5, 0.6) is 0 Å². The third-order valence-corrected chi connectivity index (χ3v) is 3.54. The summed E-state index contributed by atoms with van der Waals surface area (Å²) in [5.41, 5.74) is 0.381. The fourth-order valence-corrected chi connectivity index (χ4v) is 2.40. The topological polar surface area (TPSA) is 35.5 Å². The minimum atomic E-state index is -0.933. The Balaban J connectivity index is 2.39. The Bertz CT molecular complexity index is 430. The van der Waals surface area contributed by atoms with E-state index >= 15 is 0 Å². The second-order valence-electron chi connectivity index (χ2n) is 5.82. The molecule has 0 aliphatic carbocycles. The highest BCUT2D eigenvalue weighted by molar-refractivity contribution is 5.20. The monoisotopic (exact) mass is 300 g/mol. The molecule has 3 nitrogen and oxygen atoms in total. The van der Waals surface area contributed by atoms with Crippen molar-refractivity contribution in [3.8, 4) is 0 Å². The van der Waals surface area contributed by atoms with Crippen LogP contribution in [-0.4, -0.2) is 41.7 Å². The van der Waals surface area contributed by atoms with Crippen LogP contribution in [0.4, 0.5) is 8.78 Å². The van der Waals surface area contributed by atoms with Crippen molar-refractivity contribution in [3.63, 3.8) is 0 Å². The first-order valence-corrected chi connectivity index (χ1v) is 7.42. The maximum Gasteiger partial charge on any atom is 0.159 e. The zero-order valence-corrected chi connectivity index (χ0v) is 13.2. The van der Waals surface area contributed by atoms with E-state index in [1.54, 1.807) is 0 Å². The Kier molecular flexibility index (Phi) is 7.22. The fraction of sp³-hybridized carbons (Fsp3) is 0.625. The van der Waals surface area contributed by atoms with Crippen LogP contribution >= 0.6 is 0 Å². The van der Waals surface area contributed by atoms with Crippen molar-refractivity contribution >= 4 is 0 Å². The predicted octanol–water partition coefficient (Wildman–Crippen LogP) is 2.71. The third kappa shape index (κ3) is 5.69. The largest absolute Gasteiger partial charge is 0.387 e. The highest BCUT2D eigenvalue weighted by atomic mass is 19.2. The lowest BCUT2D eigenvalue weighted by atomic mass is 10.1. The highest BCUT2D eigenvalue weighted by Gasteiger charge is 2.13. The van der Waals surface area contributed by atoms with Gasteiger partial charge in [0.15, 0.2) is 11.6 Å². The lowest BCUT2D eigenvalue weighted by Crippen LogP contribution is -2.42. The lowest BCUT2D eigenvalue weighted by molar-refractivity contribution is 0.157. The molecule has 5 heteroatoms. The minimum absolute atomic E-state index is 0.315. The van der Waals surface area contributed by atoms with Gasteiger partial charge >= 0.3 is 0 Å². The predicted molar refractivity (Wildman–Crippen MR) is 81.2 cm³/mol. The number of aliphatic hydroxyl groups is 1. The van der Waals surface area contributed by atoms with Crippen molar-refractivity contribution in [3.05, 3.63) is 35.4 Å². The van der Waals surface area contributed by atoms with E-state index in [0.717, 1.165) is 25.2 Å². The quantitative estimate of drug-likeness (QED) is 0.725. The standard InChI is InChI=1S/C16H26F2N2O/c1-11(2)20(12(3)4)8-7-19-10-16(21)13-5-6-14(17)15(18)9-13/h5-6,9,11-12,16,19,21H,7-8,10H2,1-4H3. The normalized spacial score (nSPS) is 13.4. The van der Waals surface area contributed by atoms with Gasteiger partial charge in [0.05, 0.1) is 6.10 Å². The molecule has 0 aromatic heterocycles. The van der Waals surface area contributed by atoms with Gasteiger partial charge < -0.3 is 10.4 Å². The summed E-state index contributed by atoms with van der Waals surface area (Å²) < 4.78 is 25.9. The number of nitrogens with one attached hydrogen (secondary N) is 1. The van der Waals surface area contributed by atoms with Crippen molar-refractivity contribution in [2.24, 2.45) is 0 Å². The van der Waals surface area contributed by atoms with Gasteiger partial charge in [0.1, 0.15) is 0 Å². The average molecular weight is 300 g/mol. The molecule has 2 N–H and O–H groups in total. The fourth-order valence-electron chi connectivity index (χ4n) is 2.40. The number of benzene rings is 1. The summed E-state index contributed by atoms with van der Waals surface area (Å²) in [6.45, 7) is 10.5. The van der Waals surface area contributed by atoms with Gasteiger partial charge in [-0.05, 0) is 45.4 Å². The molecule has 1 atom stereocenters. The molecule has 0 bridgehead atoms. The Labute approximate surface area is 126 Å². The third-order valence-electron chi connectivity index (χ3n) is 3.54. The van der Waals surface area contributed by atoms with Crippen LogP contribution in [0.25, 0.3) is 0 Å². The van der Waals surface area contributed by atoms with Gasteiger partial charge in [-0.25, -0.2) is 8.78 Å². The summed E-state index contributed by atoms with van der Waals surface area (Å²) in [7, 11) is 0. The molecule has 1 aromatic rings. The Hall–Kier alpha value is -1.04. The first-order chi connectivity index (χ1) is 9.82. The van der Waals surface area contributed by atoms with Crippen LogP contribution in [0.1, 0.15) is 39.4 Å². The molecule has 0 saturated heterocycles. The molecule has 120 valence electrons. The van der Waals surface area contributed by atoms with Crippen LogP contribution < -0.4 is 5.32 Å². The summed E-state index contributed by atoms with van der Waals surface area (Å²) in [5, 5.41) is 13.1. The van der Waals surface area contributed by atoms with E-state index < -0.39 is 17.7 Å². The van der Waals surface area contributed by atoms with Gasteiger partial charge in [-0.15, -0.1) is 0 Å². The Morgan fingerprint density at radius 3 is 2.24 bits per heavy atom. The molecule has 1 rings (SSSR count). The summed E-state index contributed by atoms with van der Waals surface area (Å²) >= 11 is 0. The van der Waals surface area contributed by atoms with Crippen molar-refractivity contribution in [2.75, 3.05) is 19.6 Å². The molecule has 0 spiro atoms. The molecule has 1 unspecified atom stereocenters. The molecular formula is C16H26F2N2O. The number of hydrogen-bond acceptors (Lipinski definition) is 3. The molecule has 0 heterocycles. The zero-order valence-electron chi connectivity index (χ0n) is 13.2. The molecule has 0 aliphatic rings. The van der Waals surface area contributed by atoms with Gasteiger partial charge in [0.2, 0.25) is 0 Å². The van der Waals surface area contributed by atoms with Crippen molar-refractivity contribution in [1.82, 2.24) is 10.2 Å². The molecule has 0 radical (unpaired) electrons. The van der Waals surface area contributed by atoms with Crippen LogP contribution in [0.15, 0.2) is 18.2 Å². The van der Waals surface area contributed by atoms with Gasteiger partial charge in [-0.3, -0.25) is 4.90 Å². The van der Waals surface area contributed by atoms with E-state index in [1.807, 2.05) is 0 Å². The van der Waals surface area contributed by atoms with E-state index in [2.05, 4.69) is 37.9 Å². The molecule has 0 amide bonds. The van der Waals surface area contributed by atoms with Crippen LogP contribution in [0, 0.1) is 11.6 Å². The molecule has 1 aromatic carbocycles. The number of halogens is 2. The summed E-state index contributed by atoms with van der Waals surface area (Å²) in [6, 6.07) is 4.40. The lowest BCUT2D eigenvalue weighted by Gasteiger charge is -2.30. The maximum absolute atomic E-state index is 13.1. The number of rotatable bonds is 8. The molecular weight excluding hydrogens is 274 g/mol. The van der Waals surface area contributed by atoms with E-state index in [0.29, 0.717) is 24.2 Å². The van der Waals surface area contributed by atoms with Gasteiger partial charge in [-0.2, -0.15) is 0 Å². The van der Waals surface area contributed by atoms with Crippen LogP contribution in [0.2, 0.25) is 0 Å². The minimum Gasteiger partial charge on any atom is -0.387 e. The number of aliphatic hydroxyl groups excluding tert-OH is 1. The van der Waals surface area contributed by atoms with Crippen molar-refractivity contribution < 1.29 is 13.9 Å². The molecule has 0 fully saturated rings. The zero-order chi connectivity index (χ0) is 16.0. The molecule has 21 heavy (non-hydrogen) atoms. The van der Waals surface area contributed by atoms with Crippen molar-refractivity contribution in [2.45, 2.75) is 45.9 Å². The van der Waals surface area contributed by atoms with Crippen molar-refractivity contribution in [1.29, 1.82) is 0 Å². The van der Waals surface area contributed by atoms with Gasteiger partial charge in [0.25, 0.3) is 0 Å². The second-order valence-corrected chi connectivity index (χ2v) is 5.82. The smallest absolute Gasteiger partial charge is 0.159 e. The van der Waals surface area contributed by atoms with Crippen LogP contribution in [-0.2, 0) is 0 Å². The summed E-state index contributed by atoms with van der Waals surface area (Å²) in [6.07, 6.45) is -0.841. The second kappa shape index (κ2) is 8.41. The summed E-state index contributed by atoms with van der Waals surface area (Å²) in [5.74, 6) is -1.83. The first kappa shape index (κ1) is 18.0. The average Bonchev–Trinajstić information content (AvgIpc) is 2.40. The van der Waals surface area contributed by atoms with Crippen LogP contribution in [0.3, 0.4) is 0 Å². The van der Waals surface area contributed by atoms with E-state index in [9.17, 15) is 13.9 Å². The van der Waals surface area contributed by atoms with E-state index in [-0.39, 0.29) is 0 Å². The number of nitrogens with zero attached hydrogens (tertiary/aromatic N) is 1.